The quantitative estimate of drug-likeness (QED) is 0.694. The van der Waals surface area contributed by atoms with E-state index in [9.17, 15) is 9.59 Å². The van der Waals surface area contributed by atoms with Crippen LogP contribution in [0.3, 0.4) is 0 Å². The average Bonchev–Trinajstić information content (AvgIpc) is 2.87. The summed E-state index contributed by atoms with van der Waals surface area (Å²) < 4.78 is 2.46. The summed E-state index contributed by atoms with van der Waals surface area (Å²) in [5.41, 5.74) is -0.0750. The van der Waals surface area contributed by atoms with Crippen LogP contribution < -0.4 is 21.9 Å². The minimum Gasteiger partial charge on any atom is -0.351 e. The van der Waals surface area contributed by atoms with E-state index in [0.717, 1.165) is 30.5 Å². The van der Waals surface area contributed by atoms with Crippen LogP contribution in [-0.2, 0) is 14.1 Å². The van der Waals surface area contributed by atoms with E-state index in [0.29, 0.717) is 17.1 Å². The number of rotatable bonds is 2. The number of aryl methyl sites for hydroxylation is 1. The number of aromatic amines is 1. The number of piperidine rings is 1. The van der Waals surface area contributed by atoms with Gasteiger partial charge >= 0.3 is 5.69 Å². The van der Waals surface area contributed by atoms with Crippen molar-refractivity contribution < 1.29 is 0 Å². The SMILES string of the molecule is Cn1c(=O)c2[nH]c(NC3(C)CCNCC3)nc2n(C)c1=O. The number of nitrogens with one attached hydrogen (secondary N) is 3. The molecule has 3 rings (SSSR count). The maximum atomic E-state index is 12.1. The summed E-state index contributed by atoms with van der Waals surface area (Å²) in [6.45, 7) is 4.03. The van der Waals surface area contributed by atoms with Gasteiger partial charge in [0.15, 0.2) is 11.2 Å². The maximum Gasteiger partial charge on any atom is 0.332 e. The number of H-pyrrole nitrogens is 1. The molecule has 0 aromatic carbocycles. The van der Waals surface area contributed by atoms with E-state index < -0.39 is 0 Å². The lowest BCUT2D eigenvalue weighted by atomic mass is 9.91. The molecule has 0 atom stereocenters. The first-order valence-corrected chi connectivity index (χ1v) is 7.06. The van der Waals surface area contributed by atoms with Gasteiger partial charge in [0, 0.05) is 19.6 Å². The summed E-state index contributed by atoms with van der Waals surface area (Å²) in [6.07, 6.45) is 1.95. The first-order chi connectivity index (χ1) is 9.91. The van der Waals surface area contributed by atoms with Crippen LogP contribution in [0.2, 0.25) is 0 Å². The molecule has 3 N–H and O–H groups in total. The molecule has 0 radical (unpaired) electrons. The molecule has 1 saturated heterocycles. The minimum atomic E-state index is -0.376. The van der Waals surface area contributed by atoms with Crippen LogP contribution in [0, 0.1) is 0 Å². The molecule has 0 saturated carbocycles. The Morgan fingerprint density at radius 2 is 1.86 bits per heavy atom. The Hall–Kier alpha value is -2.09. The van der Waals surface area contributed by atoms with Crippen LogP contribution >= 0.6 is 0 Å². The molecule has 1 fully saturated rings. The molecule has 3 heterocycles. The standard InChI is InChI=1S/C13H20N6O2/c1-13(4-6-14-7-5-13)17-11-15-8-9(16-11)18(2)12(21)19(3)10(8)20/h14H,4-7H2,1-3H3,(H2,15,16,17). The van der Waals surface area contributed by atoms with Gasteiger partial charge < -0.3 is 15.6 Å². The summed E-state index contributed by atoms with van der Waals surface area (Å²) in [7, 11) is 3.08. The number of fused-ring (bicyclic) bond motifs is 1. The highest BCUT2D eigenvalue weighted by atomic mass is 16.2. The van der Waals surface area contributed by atoms with Crippen molar-refractivity contribution >= 4 is 17.1 Å². The Morgan fingerprint density at radius 3 is 2.52 bits per heavy atom. The van der Waals surface area contributed by atoms with Crippen LogP contribution in [-0.4, -0.2) is 37.7 Å². The third-order valence-electron chi connectivity index (χ3n) is 4.22. The molecule has 0 amide bonds. The van der Waals surface area contributed by atoms with Gasteiger partial charge in [0.25, 0.3) is 5.56 Å². The maximum absolute atomic E-state index is 12.1. The van der Waals surface area contributed by atoms with Crippen LogP contribution in [0.1, 0.15) is 19.8 Å². The summed E-state index contributed by atoms with van der Waals surface area (Å²) in [4.78, 5) is 31.4. The highest BCUT2D eigenvalue weighted by molar-refractivity contribution is 5.72. The van der Waals surface area contributed by atoms with E-state index in [1.165, 1.54) is 11.6 Å². The zero-order chi connectivity index (χ0) is 15.2. The highest BCUT2D eigenvalue weighted by Crippen LogP contribution is 2.22. The summed E-state index contributed by atoms with van der Waals surface area (Å²) in [5.74, 6) is 0.535. The highest BCUT2D eigenvalue weighted by Gasteiger charge is 2.27. The zero-order valence-corrected chi connectivity index (χ0v) is 12.5. The second-order valence-electron chi connectivity index (χ2n) is 5.93. The minimum absolute atomic E-state index is 0.0662. The van der Waals surface area contributed by atoms with E-state index in [1.54, 1.807) is 7.05 Å². The van der Waals surface area contributed by atoms with Crippen LogP contribution in [0.5, 0.6) is 0 Å². The molecule has 0 bridgehead atoms. The molecule has 1 aliphatic rings. The second kappa shape index (κ2) is 4.73. The lowest BCUT2D eigenvalue weighted by molar-refractivity contribution is 0.363. The molecule has 2 aromatic rings. The van der Waals surface area contributed by atoms with Crippen molar-refractivity contribution in [1.29, 1.82) is 0 Å². The number of hydrogen-bond acceptors (Lipinski definition) is 5. The van der Waals surface area contributed by atoms with Gasteiger partial charge in [0.05, 0.1) is 0 Å². The Labute approximate surface area is 121 Å². The lowest BCUT2D eigenvalue weighted by Crippen LogP contribution is -2.45. The number of aromatic nitrogens is 4. The van der Waals surface area contributed by atoms with Gasteiger partial charge in [0.2, 0.25) is 5.95 Å². The van der Waals surface area contributed by atoms with E-state index in [1.807, 2.05) is 0 Å². The Bertz CT molecular complexity index is 793. The summed E-state index contributed by atoms with van der Waals surface area (Å²) >= 11 is 0. The predicted octanol–water partition coefficient (Wildman–Crippen LogP) is -0.486. The monoisotopic (exact) mass is 292 g/mol. The largest absolute Gasteiger partial charge is 0.351 e. The van der Waals surface area contributed by atoms with Gasteiger partial charge in [-0.2, -0.15) is 4.98 Å². The molecule has 0 unspecified atom stereocenters. The number of hydrogen-bond donors (Lipinski definition) is 3. The summed E-state index contributed by atoms with van der Waals surface area (Å²) in [5, 5.41) is 6.69. The Morgan fingerprint density at radius 1 is 1.19 bits per heavy atom. The van der Waals surface area contributed by atoms with Crippen molar-refractivity contribution in [2.45, 2.75) is 25.3 Å². The van der Waals surface area contributed by atoms with E-state index >= 15 is 0 Å². The van der Waals surface area contributed by atoms with Crippen LogP contribution in [0.4, 0.5) is 5.95 Å². The molecule has 114 valence electrons. The first-order valence-electron chi connectivity index (χ1n) is 7.06. The molecule has 8 heteroatoms. The predicted molar refractivity (Wildman–Crippen MR) is 80.7 cm³/mol. The molecule has 0 spiro atoms. The molecule has 8 nitrogen and oxygen atoms in total. The average molecular weight is 292 g/mol. The fourth-order valence-corrected chi connectivity index (χ4v) is 2.77. The van der Waals surface area contributed by atoms with Crippen molar-refractivity contribution in [3.05, 3.63) is 20.8 Å². The van der Waals surface area contributed by atoms with Crippen molar-refractivity contribution in [3.63, 3.8) is 0 Å². The Kier molecular flexibility index (Phi) is 3.12. The van der Waals surface area contributed by atoms with Gasteiger partial charge in [-0.25, -0.2) is 4.79 Å². The third-order valence-corrected chi connectivity index (χ3v) is 4.22. The van der Waals surface area contributed by atoms with Crippen molar-refractivity contribution in [2.75, 3.05) is 18.4 Å². The van der Waals surface area contributed by atoms with E-state index in [2.05, 4.69) is 27.5 Å². The number of imidazole rings is 1. The topological polar surface area (TPSA) is 96.7 Å². The van der Waals surface area contributed by atoms with Gasteiger partial charge in [0.1, 0.15) is 0 Å². The molecular weight excluding hydrogens is 272 g/mol. The van der Waals surface area contributed by atoms with Crippen LogP contribution in [0.25, 0.3) is 11.2 Å². The first kappa shape index (κ1) is 13.9. The van der Waals surface area contributed by atoms with Crippen molar-refractivity contribution in [1.82, 2.24) is 24.4 Å². The fourth-order valence-electron chi connectivity index (χ4n) is 2.77. The lowest BCUT2D eigenvalue weighted by Gasteiger charge is -2.34. The smallest absolute Gasteiger partial charge is 0.332 e. The third kappa shape index (κ3) is 2.25. The zero-order valence-electron chi connectivity index (χ0n) is 12.5. The van der Waals surface area contributed by atoms with Crippen molar-refractivity contribution in [3.8, 4) is 0 Å². The molecule has 0 aliphatic carbocycles. The molecule has 1 aliphatic heterocycles. The van der Waals surface area contributed by atoms with Gasteiger partial charge in [-0.3, -0.25) is 13.9 Å². The number of nitrogens with zero attached hydrogens (tertiary/aromatic N) is 3. The Balaban J connectivity index is 2.06. The van der Waals surface area contributed by atoms with E-state index in [4.69, 9.17) is 0 Å². The second-order valence-corrected chi connectivity index (χ2v) is 5.93. The van der Waals surface area contributed by atoms with Crippen LogP contribution in [0.15, 0.2) is 9.59 Å². The molecular formula is C13H20N6O2. The molecule has 2 aromatic heterocycles. The van der Waals surface area contributed by atoms with Crippen molar-refractivity contribution in [2.24, 2.45) is 14.1 Å². The normalized spacial score (nSPS) is 18.0. The molecule has 21 heavy (non-hydrogen) atoms. The summed E-state index contributed by atoms with van der Waals surface area (Å²) in [6, 6.07) is 0. The van der Waals surface area contributed by atoms with Gasteiger partial charge in [-0.15, -0.1) is 0 Å². The fraction of sp³-hybridized carbons (Fsp3) is 0.615. The van der Waals surface area contributed by atoms with Gasteiger partial charge in [-0.1, -0.05) is 0 Å². The van der Waals surface area contributed by atoms with Gasteiger partial charge in [-0.05, 0) is 32.9 Å². The number of anilines is 1. The van der Waals surface area contributed by atoms with E-state index in [-0.39, 0.29) is 16.8 Å².